The lowest BCUT2D eigenvalue weighted by molar-refractivity contribution is -0.122. The van der Waals surface area contributed by atoms with Crippen molar-refractivity contribution in [2.75, 3.05) is 28.3 Å². The number of Topliss-reactive ketones (excluding diaryl/α,β-unsaturated/α-hetero) is 1. The van der Waals surface area contributed by atoms with Crippen LogP contribution in [0.4, 0.5) is 5.69 Å². The maximum absolute atomic E-state index is 13.3. The first-order valence-electron chi connectivity index (χ1n) is 11.5. The third-order valence-electron chi connectivity index (χ3n) is 5.96. The maximum Gasteiger partial charge on any atom is 0.222 e. The second-order valence-corrected chi connectivity index (χ2v) is 9.13. The van der Waals surface area contributed by atoms with Gasteiger partial charge in [-0.05, 0) is 50.6 Å². The monoisotopic (exact) mass is 490 g/mol. The Bertz CT molecular complexity index is 1290. The fourth-order valence-electron chi connectivity index (χ4n) is 3.63. The van der Waals surface area contributed by atoms with E-state index in [0.29, 0.717) is 23.0 Å². The summed E-state index contributed by atoms with van der Waals surface area (Å²) in [5, 5.41) is 0. The number of aliphatic imine (C=N–C) groups is 2. The summed E-state index contributed by atoms with van der Waals surface area (Å²) in [5.41, 5.74) is 8.61. The Balaban J connectivity index is 1.85. The van der Waals surface area contributed by atoms with Gasteiger partial charge in [0.1, 0.15) is 23.1 Å². The molecule has 0 spiro atoms. The van der Waals surface area contributed by atoms with E-state index in [4.69, 9.17) is 15.2 Å². The van der Waals surface area contributed by atoms with Gasteiger partial charge < -0.3 is 24.7 Å². The van der Waals surface area contributed by atoms with E-state index in [2.05, 4.69) is 15.0 Å². The predicted molar refractivity (Wildman–Crippen MR) is 143 cm³/mol. The molecule has 0 aliphatic rings. The molecule has 0 bridgehead atoms. The molecule has 2 aromatic carbocycles. The number of imidazole rings is 1. The predicted octanol–water partition coefficient (Wildman–Crippen LogP) is 4.04. The van der Waals surface area contributed by atoms with Crippen LogP contribution in [0.2, 0.25) is 0 Å². The minimum absolute atomic E-state index is 0.00218. The quantitative estimate of drug-likeness (QED) is 0.377. The summed E-state index contributed by atoms with van der Waals surface area (Å²) in [7, 11) is 6.85. The van der Waals surface area contributed by atoms with Crippen molar-refractivity contribution in [2.24, 2.45) is 15.7 Å². The molecule has 0 unspecified atom stereocenters. The van der Waals surface area contributed by atoms with E-state index >= 15 is 0 Å². The van der Waals surface area contributed by atoms with Crippen LogP contribution >= 0.6 is 0 Å². The Morgan fingerprint density at radius 1 is 1.14 bits per heavy atom. The molecule has 1 heterocycles. The van der Waals surface area contributed by atoms with Crippen LogP contribution in [0.25, 0.3) is 5.69 Å². The van der Waals surface area contributed by atoms with Crippen molar-refractivity contribution in [1.29, 1.82) is 0 Å². The van der Waals surface area contributed by atoms with E-state index < -0.39 is 5.41 Å². The van der Waals surface area contributed by atoms with Crippen LogP contribution in [0.3, 0.4) is 0 Å². The van der Waals surface area contributed by atoms with Gasteiger partial charge in [-0.15, -0.1) is 0 Å². The molecule has 36 heavy (non-hydrogen) atoms. The number of carbonyl (C=O) groups is 1. The molecule has 9 nitrogen and oxygen atoms in total. The molecule has 0 aliphatic heterocycles. The number of nitrogens with two attached hydrogens (primary N) is 1. The molecule has 190 valence electrons. The van der Waals surface area contributed by atoms with E-state index in [9.17, 15) is 4.79 Å². The highest BCUT2D eigenvalue weighted by atomic mass is 16.5. The number of carbonyl (C=O) groups excluding carboxylic acids is 1. The first kappa shape index (κ1) is 26.5. The molecule has 9 heteroatoms. The number of ether oxygens (including phenoxy) is 2. The molecule has 0 amide bonds. The summed E-state index contributed by atoms with van der Waals surface area (Å²) in [6.45, 7) is 5.71. The first-order chi connectivity index (χ1) is 17.0. The molecule has 0 radical (unpaired) electrons. The number of rotatable bonds is 8. The minimum Gasteiger partial charge on any atom is -0.497 e. The number of nitrogens with zero attached hydrogens (tertiary/aromatic N) is 5. The number of aromatic nitrogens is 2. The van der Waals surface area contributed by atoms with Crippen LogP contribution in [0.5, 0.6) is 11.5 Å². The molecule has 0 saturated heterocycles. The lowest BCUT2D eigenvalue weighted by Crippen LogP contribution is -2.35. The van der Waals surface area contributed by atoms with Crippen LogP contribution in [0, 0.1) is 6.92 Å². The smallest absolute Gasteiger partial charge is 0.222 e. The van der Waals surface area contributed by atoms with Gasteiger partial charge in [0.15, 0.2) is 0 Å². The largest absolute Gasteiger partial charge is 0.497 e. The molecule has 0 saturated carbocycles. The van der Waals surface area contributed by atoms with Gasteiger partial charge in [-0.1, -0.05) is 12.1 Å². The van der Waals surface area contributed by atoms with Gasteiger partial charge in [0.2, 0.25) is 5.96 Å². The maximum atomic E-state index is 13.3. The van der Waals surface area contributed by atoms with E-state index in [1.807, 2.05) is 82.0 Å². The van der Waals surface area contributed by atoms with Gasteiger partial charge in [-0.3, -0.25) is 4.79 Å². The highest BCUT2D eigenvalue weighted by Gasteiger charge is 2.31. The fourth-order valence-corrected chi connectivity index (χ4v) is 3.63. The van der Waals surface area contributed by atoms with Crippen LogP contribution < -0.4 is 15.2 Å². The molecule has 0 atom stereocenters. The third kappa shape index (κ3) is 6.10. The standard InChI is InChI=1S/C27H34N6O3/c1-18-16-33(17-29-18)22-12-11-20(14-23(22)36-7)30-26(28)31-25(32(4)5)15-24(34)27(2,3)19-9-8-10-21(13-19)35-6/h8-14,16-17H,15H2,1-7H3,(H2,28,30). The third-order valence-corrected chi connectivity index (χ3v) is 5.96. The summed E-state index contributed by atoms with van der Waals surface area (Å²) < 4.78 is 12.7. The zero-order chi connectivity index (χ0) is 26.5. The van der Waals surface area contributed by atoms with Gasteiger partial charge in [0.05, 0.1) is 44.0 Å². The summed E-state index contributed by atoms with van der Waals surface area (Å²) in [6, 6.07) is 13.0. The minimum atomic E-state index is -0.744. The van der Waals surface area contributed by atoms with E-state index in [1.165, 1.54) is 0 Å². The lowest BCUT2D eigenvalue weighted by atomic mass is 9.79. The summed E-state index contributed by atoms with van der Waals surface area (Å²) in [4.78, 5) is 28.2. The van der Waals surface area contributed by atoms with Crippen LogP contribution in [0.15, 0.2) is 65.0 Å². The zero-order valence-corrected chi connectivity index (χ0v) is 21.9. The zero-order valence-electron chi connectivity index (χ0n) is 21.9. The normalized spacial score (nSPS) is 12.4. The van der Waals surface area contributed by atoms with E-state index in [1.54, 1.807) is 31.5 Å². The Morgan fingerprint density at radius 3 is 2.50 bits per heavy atom. The van der Waals surface area contributed by atoms with Crippen LogP contribution in [0.1, 0.15) is 31.5 Å². The molecule has 0 fully saturated rings. The summed E-state index contributed by atoms with van der Waals surface area (Å²) in [6.07, 6.45) is 3.73. The van der Waals surface area contributed by atoms with Gasteiger partial charge >= 0.3 is 0 Å². The number of benzene rings is 2. The SMILES string of the molecule is COc1cccc(C(C)(C)C(=O)CC(=NC(N)=Nc2ccc(-n3cnc(C)c3)c(OC)c2)N(C)C)c1. The van der Waals surface area contributed by atoms with Crippen LogP contribution in [-0.2, 0) is 10.2 Å². The molecule has 2 N–H and O–H groups in total. The van der Waals surface area contributed by atoms with Gasteiger partial charge in [-0.2, -0.15) is 4.99 Å². The van der Waals surface area contributed by atoms with E-state index in [-0.39, 0.29) is 18.2 Å². The number of aryl methyl sites for hydroxylation is 1. The summed E-state index contributed by atoms with van der Waals surface area (Å²) >= 11 is 0. The topological polar surface area (TPSA) is 107 Å². The van der Waals surface area contributed by atoms with Gasteiger partial charge in [0, 0.05) is 31.8 Å². The Labute approximate surface area is 212 Å². The van der Waals surface area contributed by atoms with Crippen LogP contribution in [-0.4, -0.2) is 60.3 Å². The van der Waals surface area contributed by atoms with E-state index in [0.717, 1.165) is 16.9 Å². The van der Waals surface area contributed by atoms with Crippen molar-refractivity contribution in [3.63, 3.8) is 0 Å². The Hall–Kier alpha value is -4.14. The number of ketones is 1. The number of amidine groups is 1. The molecular weight excluding hydrogens is 456 g/mol. The average Bonchev–Trinajstić information content (AvgIpc) is 3.29. The van der Waals surface area contributed by atoms with Gasteiger partial charge in [0.25, 0.3) is 0 Å². The highest BCUT2D eigenvalue weighted by molar-refractivity contribution is 6.08. The van der Waals surface area contributed by atoms with Crippen molar-refractivity contribution in [2.45, 2.75) is 32.6 Å². The highest BCUT2D eigenvalue weighted by Crippen LogP contribution is 2.30. The average molecular weight is 491 g/mol. The van der Waals surface area contributed by atoms with Crippen molar-refractivity contribution >= 4 is 23.3 Å². The van der Waals surface area contributed by atoms with Crippen molar-refractivity contribution in [3.8, 4) is 17.2 Å². The number of hydrogen-bond donors (Lipinski definition) is 1. The summed E-state index contributed by atoms with van der Waals surface area (Å²) in [5.74, 6) is 1.87. The lowest BCUT2D eigenvalue weighted by Gasteiger charge is -2.26. The second-order valence-electron chi connectivity index (χ2n) is 9.13. The first-order valence-corrected chi connectivity index (χ1v) is 11.5. The molecule has 1 aromatic heterocycles. The Kier molecular flexibility index (Phi) is 8.14. The second kappa shape index (κ2) is 11.1. The molecule has 0 aliphatic carbocycles. The molecule has 3 rings (SSSR count). The fraction of sp³-hybridized carbons (Fsp3) is 0.333. The number of guanidine groups is 1. The van der Waals surface area contributed by atoms with Gasteiger partial charge in [-0.25, -0.2) is 9.98 Å². The molecular formula is C27H34N6O3. The van der Waals surface area contributed by atoms with Crippen molar-refractivity contribution in [3.05, 3.63) is 66.2 Å². The van der Waals surface area contributed by atoms with Crippen molar-refractivity contribution < 1.29 is 14.3 Å². The Morgan fingerprint density at radius 2 is 1.89 bits per heavy atom. The van der Waals surface area contributed by atoms with Crippen molar-refractivity contribution in [1.82, 2.24) is 14.5 Å². The molecule has 3 aromatic rings. The number of methoxy groups -OCH3 is 2. The number of hydrogen-bond acceptors (Lipinski definition) is 5.